The van der Waals surface area contributed by atoms with Gasteiger partial charge < -0.3 is 5.73 Å². The van der Waals surface area contributed by atoms with Crippen molar-refractivity contribution in [2.45, 2.75) is 22.6 Å². The fourth-order valence-electron chi connectivity index (χ4n) is 1.32. The molecule has 0 aromatic carbocycles. The molecule has 7 heteroatoms. The lowest BCUT2D eigenvalue weighted by atomic mass is 10.3. The van der Waals surface area contributed by atoms with Gasteiger partial charge in [0.2, 0.25) is 0 Å². The van der Waals surface area contributed by atoms with Crippen LogP contribution in [0.15, 0.2) is 46.6 Å². The maximum Gasteiger partial charge on any atom is 0.433 e. The molecule has 19 heavy (non-hydrogen) atoms. The Kier molecular flexibility index (Phi) is 4.06. The summed E-state index contributed by atoms with van der Waals surface area (Å²) in [5, 5.41) is 0.679. The lowest BCUT2D eigenvalue weighted by molar-refractivity contribution is -0.141. The highest BCUT2D eigenvalue weighted by Gasteiger charge is 2.32. The molecule has 0 aliphatic heterocycles. The highest BCUT2D eigenvalue weighted by atomic mass is 32.2. The Labute approximate surface area is 112 Å². The van der Waals surface area contributed by atoms with Crippen LogP contribution in [0.3, 0.4) is 0 Å². The van der Waals surface area contributed by atoms with Gasteiger partial charge in [-0.25, -0.2) is 4.98 Å². The van der Waals surface area contributed by atoms with E-state index in [9.17, 15) is 13.2 Å². The average molecular weight is 285 g/mol. The first-order valence-corrected chi connectivity index (χ1v) is 6.17. The van der Waals surface area contributed by atoms with E-state index in [0.29, 0.717) is 16.5 Å². The van der Waals surface area contributed by atoms with Crippen LogP contribution in [0.1, 0.15) is 11.3 Å². The number of alkyl halides is 3. The first kappa shape index (κ1) is 13.8. The Morgan fingerprint density at radius 1 is 1.05 bits per heavy atom. The Morgan fingerprint density at radius 2 is 1.84 bits per heavy atom. The standard InChI is InChI=1S/C12H10F3N3S/c13-12(14,15)10-3-2-9(7-17-10)19-11-4-1-8(5-16)6-18-11/h1-4,6-7H,5,16H2. The highest BCUT2D eigenvalue weighted by molar-refractivity contribution is 7.99. The summed E-state index contributed by atoms with van der Waals surface area (Å²) >= 11 is 1.24. The maximum atomic E-state index is 12.3. The van der Waals surface area contributed by atoms with Crippen molar-refractivity contribution in [3.8, 4) is 0 Å². The average Bonchev–Trinajstić information content (AvgIpc) is 2.39. The topological polar surface area (TPSA) is 51.8 Å². The van der Waals surface area contributed by atoms with Gasteiger partial charge in [0.25, 0.3) is 0 Å². The van der Waals surface area contributed by atoms with Crippen molar-refractivity contribution < 1.29 is 13.2 Å². The molecule has 0 spiro atoms. The Morgan fingerprint density at radius 3 is 2.32 bits per heavy atom. The van der Waals surface area contributed by atoms with Crippen LogP contribution in [-0.4, -0.2) is 9.97 Å². The highest BCUT2D eigenvalue weighted by Crippen LogP contribution is 2.30. The third-order valence-corrected chi connectivity index (χ3v) is 3.21. The molecular formula is C12H10F3N3S. The number of halogens is 3. The molecule has 0 bridgehead atoms. The van der Waals surface area contributed by atoms with E-state index in [-0.39, 0.29) is 0 Å². The normalized spacial score (nSPS) is 11.6. The zero-order chi connectivity index (χ0) is 13.9. The predicted molar refractivity (Wildman–Crippen MR) is 65.5 cm³/mol. The first-order valence-electron chi connectivity index (χ1n) is 5.35. The minimum atomic E-state index is -4.41. The summed E-state index contributed by atoms with van der Waals surface area (Å²) in [4.78, 5) is 8.13. The minimum Gasteiger partial charge on any atom is -0.326 e. The number of hydrogen-bond donors (Lipinski definition) is 1. The molecule has 2 rings (SSSR count). The Hall–Kier alpha value is -1.60. The van der Waals surface area contributed by atoms with Crippen LogP contribution in [0.2, 0.25) is 0 Å². The molecule has 0 saturated carbocycles. The molecule has 0 saturated heterocycles. The number of rotatable bonds is 3. The zero-order valence-corrected chi connectivity index (χ0v) is 10.5. The first-order chi connectivity index (χ1) is 8.99. The summed E-state index contributed by atoms with van der Waals surface area (Å²) in [6, 6.07) is 5.92. The molecule has 2 aromatic rings. The second kappa shape index (κ2) is 5.58. The van der Waals surface area contributed by atoms with Gasteiger partial charge in [-0.3, -0.25) is 4.98 Å². The third kappa shape index (κ3) is 3.68. The molecule has 0 radical (unpaired) electrons. The summed E-state index contributed by atoms with van der Waals surface area (Å²) < 4.78 is 37.0. The van der Waals surface area contributed by atoms with E-state index >= 15 is 0 Å². The lowest BCUT2D eigenvalue weighted by Crippen LogP contribution is -2.07. The Balaban J connectivity index is 2.10. The number of nitrogens with two attached hydrogens (primary N) is 1. The van der Waals surface area contributed by atoms with Gasteiger partial charge in [0.15, 0.2) is 0 Å². The molecule has 100 valence electrons. The molecule has 0 amide bonds. The van der Waals surface area contributed by atoms with Crippen LogP contribution in [0.4, 0.5) is 13.2 Å². The van der Waals surface area contributed by atoms with Crippen LogP contribution in [-0.2, 0) is 12.7 Å². The summed E-state index contributed by atoms with van der Waals surface area (Å²) in [5.74, 6) is 0. The van der Waals surface area contributed by atoms with E-state index in [0.717, 1.165) is 11.6 Å². The van der Waals surface area contributed by atoms with Gasteiger partial charge in [0.05, 0.1) is 0 Å². The third-order valence-electron chi connectivity index (χ3n) is 2.28. The molecule has 0 atom stereocenters. The van der Waals surface area contributed by atoms with Crippen molar-refractivity contribution in [2.24, 2.45) is 5.73 Å². The van der Waals surface area contributed by atoms with E-state index in [2.05, 4.69) is 9.97 Å². The molecule has 0 aliphatic carbocycles. The van der Waals surface area contributed by atoms with E-state index in [1.165, 1.54) is 24.0 Å². The summed E-state index contributed by atoms with van der Waals surface area (Å²) in [6.07, 6.45) is -1.59. The van der Waals surface area contributed by atoms with Gasteiger partial charge in [-0.15, -0.1) is 0 Å². The fourth-order valence-corrected chi connectivity index (χ4v) is 2.05. The van der Waals surface area contributed by atoms with Crippen LogP contribution in [0, 0.1) is 0 Å². The monoisotopic (exact) mass is 285 g/mol. The van der Waals surface area contributed by atoms with Crippen molar-refractivity contribution in [3.63, 3.8) is 0 Å². The molecule has 0 aliphatic rings. The second-order valence-electron chi connectivity index (χ2n) is 3.69. The number of nitrogens with zero attached hydrogens (tertiary/aromatic N) is 2. The van der Waals surface area contributed by atoms with Gasteiger partial charge in [-0.1, -0.05) is 17.8 Å². The smallest absolute Gasteiger partial charge is 0.326 e. The number of hydrogen-bond acceptors (Lipinski definition) is 4. The van der Waals surface area contributed by atoms with Gasteiger partial charge in [0.1, 0.15) is 10.7 Å². The number of pyridine rings is 2. The van der Waals surface area contributed by atoms with E-state index in [4.69, 9.17) is 5.73 Å². The van der Waals surface area contributed by atoms with Crippen LogP contribution >= 0.6 is 11.8 Å². The fraction of sp³-hybridized carbons (Fsp3) is 0.167. The largest absolute Gasteiger partial charge is 0.433 e. The van der Waals surface area contributed by atoms with E-state index < -0.39 is 11.9 Å². The summed E-state index contributed by atoms with van der Waals surface area (Å²) in [6.45, 7) is 0.403. The molecule has 2 aromatic heterocycles. The quantitative estimate of drug-likeness (QED) is 0.941. The maximum absolute atomic E-state index is 12.3. The van der Waals surface area contributed by atoms with Crippen molar-refractivity contribution in [2.75, 3.05) is 0 Å². The molecule has 3 nitrogen and oxygen atoms in total. The van der Waals surface area contributed by atoms with Crippen LogP contribution in [0.25, 0.3) is 0 Å². The molecule has 0 fully saturated rings. The minimum absolute atomic E-state index is 0.403. The summed E-state index contributed by atoms with van der Waals surface area (Å²) in [5.41, 5.74) is 5.44. The van der Waals surface area contributed by atoms with Gasteiger partial charge in [-0.2, -0.15) is 13.2 Å². The zero-order valence-electron chi connectivity index (χ0n) is 9.69. The molecule has 2 N–H and O–H groups in total. The summed E-state index contributed by atoms with van der Waals surface area (Å²) in [7, 11) is 0. The van der Waals surface area contributed by atoms with Crippen molar-refractivity contribution in [3.05, 3.63) is 47.9 Å². The lowest BCUT2D eigenvalue weighted by Gasteiger charge is -2.06. The van der Waals surface area contributed by atoms with Crippen LogP contribution in [0.5, 0.6) is 0 Å². The van der Waals surface area contributed by atoms with E-state index in [1.807, 2.05) is 6.07 Å². The predicted octanol–water partition coefficient (Wildman–Crippen LogP) is 3.11. The molecule has 2 heterocycles. The molecule has 0 unspecified atom stereocenters. The van der Waals surface area contributed by atoms with E-state index in [1.54, 1.807) is 12.3 Å². The Bertz CT molecular complexity index is 538. The van der Waals surface area contributed by atoms with Gasteiger partial charge in [0, 0.05) is 23.8 Å². The van der Waals surface area contributed by atoms with Crippen molar-refractivity contribution >= 4 is 11.8 Å². The van der Waals surface area contributed by atoms with Gasteiger partial charge >= 0.3 is 6.18 Å². The van der Waals surface area contributed by atoms with Crippen molar-refractivity contribution in [1.82, 2.24) is 9.97 Å². The second-order valence-corrected chi connectivity index (χ2v) is 4.78. The number of aromatic nitrogens is 2. The van der Waals surface area contributed by atoms with Crippen molar-refractivity contribution in [1.29, 1.82) is 0 Å². The van der Waals surface area contributed by atoms with Gasteiger partial charge in [-0.05, 0) is 23.8 Å². The SMILES string of the molecule is NCc1ccc(Sc2ccc(C(F)(F)F)nc2)nc1. The molecular weight excluding hydrogens is 275 g/mol. The van der Waals surface area contributed by atoms with Crippen LogP contribution < -0.4 is 5.73 Å².